The third-order valence-corrected chi connectivity index (χ3v) is 3.35. The van der Waals surface area contributed by atoms with E-state index in [9.17, 15) is 4.79 Å². The third kappa shape index (κ3) is 2.14. The van der Waals surface area contributed by atoms with E-state index in [-0.39, 0.29) is 5.92 Å². The maximum absolute atomic E-state index is 11.9. The zero-order valence-corrected chi connectivity index (χ0v) is 9.52. The molecule has 1 fully saturated rings. The Bertz CT molecular complexity index is 304. The normalized spacial score (nSPS) is 29.4. The minimum absolute atomic E-state index is 0.129. The van der Waals surface area contributed by atoms with Crippen LogP contribution in [-0.4, -0.2) is 23.9 Å². The maximum Gasteiger partial charge on any atom is 0.225 e. The van der Waals surface area contributed by atoms with Gasteiger partial charge in [-0.2, -0.15) is 0 Å². The van der Waals surface area contributed by atoms with Gasteiger partial charge < -0.3 is 4.90 Å². The van der Waals surface area contributed by atoms with Gasteiger partial charge in [0.25, 0.3) is 0 Å². The van der Waals surface area contributed by atoms with Gasteiger partial charge in [0.05, 0.1) is 0 Å². The lowest BCUT2D eigenvalue weighted by molar-refractivity contribution is -0.136. The SMILES string of the molecule is CC(C)C(=O)N1CCC2C=CC=CC2C1. The Balaban J connectivity index is 2.00. The van der Waals surface area contributed by atoms with E-state index in [2.05, 4.69) is 24.3 Å². The Morgan fingerprint density at radius 1 is 1.27 bits per heavy atom. The van der Waals surface area contributed by atoms with Crippen molar-refractivity contribution in [2.45, 2.75) is 20.3 Å². The van der Waals surface area contributed by atoms with Crippen LogP contribution < -0.4 is 0 Å². The van der Waals surface area contributed by atoms with Crippen molar-refractivity contribution in [3.8, 4) is 0 Å². The van der Waals surface area contributed by atoms with Crippen LogP contribution in [-0.2, 0) is 4.79 Å². The number of fused-ring (bicyclic) bond motifs is 1. The molecule has 0 aromatic rings. The Morgan fingerprint density at radius 3 is 2.60 bits per heavy atom. The summed E-state index contributed by atoms with van der Waals surface area (Å²) >= 11 is 0. The molecule has 1 heterocycles. The fourth-order valence-corrected chi connectivity index (χ4v) is 2.42. The molecule has 1 amide bonds. The fraction of sp³-hybridized carbons (Fsp3) is 0.615. The van der Waals surface area contributed by atoms with E-state index >= 15 is 0 Å². The van der Waals surface area contributed by atoms with Crippen LogP contribution in [0.4, 0.5) is 0 Å². The molecule has 0 aromatic carbocycles. The maximum atomic E-state index is 11.9. The lowest BCUT2D eigenvalue weighted by Gasteiger charge is -2.37. The summed E-state index contributed by atoms with van der Waals surface area (Å²) in [6, 6.07) is 0. The van der Waals surface area contributed by atoms with E-state index in [0.29, 0.717) is 17.7 Å². The van der Waals surface area contributed by atoms with Crippen LogP contribution >= 0.6 is 0 Å². The third-order valence-electron chi connectivity index (χ3n) is 3.35. The predicted octanol–water partition coefficient (Wildman–Crippen LogP) is 2.23. The standard InChI is InChI=1S/C13H19NO/c1-10(2)13(15)14-8-7-11-5-3-4-6-12(11)9-14/h3-6,10-12H,7-9H2,1-2H3. The first kappa shape index (κ1) is 10.5. The van der Waals surface area contributed by atoms with Gasteiger partial charge >= 0.3 is 0 Å². The molecule has 2 nitrogen and oxygen atoms in total. The van der Waals surface area contributed by atoms with Crippen molar-refractivity contribution >= 4 is 5.91 Å². The van der Waals surface area contributed by atoms with Gasteiger partial charge in [0.1, 0.15) is 0 Å². The Kier molecular flexibility index (Phi) is 2.94. The van der Waals surface area contributed by atoms with Crippen LogP contribution in [0.1, 0.15) is 20.3 Å². The van der Waals surface area contributed by atoms with E-state index in [0.717, 1.165) is 19.5 Å². The van der Waals surface area contributed by atoms with Gasteiger partial charge in [-0.15, -0.1) is 0 Å². The average molecular weight is 205 g/mol. The van der Waals surface area contributed by atoms with Gasteiger partial charge in [-0.1, -0.05) is 38.2 Å². The van der Waals surface area contributed by atoms with Crippen molar-refractivity contribution in [2.24, 2.45) is 17.8 Å². The Hall–Kier alpha value is -1.05. The van der Waals surface area contributed by atoms with Crippen molar-refractivity contribution < 1.29 is 4.79 Å². The molecule has 1 saturated heterocycles. The first-order valence-electron chi connectivity index (χ1n) is 5.82. The zero-order valence-electron chi connectivity index (χ0n) is 9.52. The van der Waals surface area contributed by atoms with E-state index < -0.39 is 0 Å². The number of hydrogen-bond acceptors (Lipinski definition) is 1. The van der Waals surface area contributed by atoms with Crippen molar-refractivity contribution in [1.82, 2.24) is 4.90 Å². The van der Waals surface area contributed by atoms with E-state index in [1.807, 2.05) is 18.7 Å². The molecule has 0 saturated carbocycles. The molecule has 2 unspecified atom stereocenters. The molecule has 2 atom stereocenters. The molecule has 0 aromatic heterocycles. The van der Waals surface area contributed by atoms with Gasteiger partial charge in [0, 0.05) is 24.9 Å². The number of amides is 1. The Morgan fingerprint density at radius 2 is 1.93 bits per heavy atom. The Labute approximate surface area is 91.6 Å². The van der Waals surface area contributed by atoms with Crippen molar-refractivity contribution in [1.29, 1.82) is 0 Å². The first-order chi connectivity index (χ1) is 7.18. The quantitative estimate of drug-likeness (QED) is 0.643. The molecule has 2 heteroatoms. The van der Waals surface area contributed by atoms with Crippen LogP contribution in [0.2, 0.25) is 0 Å². The summed E-state index contributed by atoms with van der Waals surface area (Å²) < 4.78 is 0. The number of carbonyl (C=O) groups excluding carboxylic acids is 1. The number of piperidine rings is 1. The van der Waals surface area contributed by atoms with Gasteiger partial charge in [-0.05, 0) is 12.3 Å². The van der Waals surface area contributed by atoms with E-state index in [4.69, 9.17) is 0 Å². The number of likely N-dealkylation sites (tertiary alicyclic amines) is 1. The molecule has 1 aliphatic carbocycles. The summed E-state index contributed by atoms with van der Waals surface area (Å²) in [4.78, 5) is 13.9. The number of nitrogens with zero attached hydrogens (tertiary/aromatic N) is 1. The number of rotatable bonds is 1. The molecular formula is C13H19NO. The fourth-order valence-electron chi connectivity index (χ4n) is 2.42. The smallest absolute Gasteiger partial charge is 0.225 e. The molecule has 1 aliphatic heterocycles. The van der Waals surface area contributed by atoms with Crippen molar-refractivity contribution in [3.05, 3.63) is 24.3 Å². The lowest BCUT2D eigenvalue weighted by Crippen LogP contribution is -2.44. The summed E-state index contributed by atoms with van der Waals surface area (Å²) in [5, 5.41) is 0. The van der Waals surface area contributed by atoms with Gasteiger partial charge in [0.15, 0.2) is 0 Å². The zero-order chi connectivity index (χ0) is 10.8. The monoisotopic (exact) mass is 205 g/mol. The van der Waals surface area contributed by atoms with E-state index in [1.165, 1.54) is 0 Å². The summed E-state index contributed by atoms with van der Waals surface area (Å²) in [7, 11) is 0. The molecule has 15 heavy (non-hydrogen) atoms. The first-order valence-corrected chi connectivity index (χ1v) is 5.82. The van der Waals surface area contributed by atoms with Crippen LogP contribution in [0.5, 0.6) is 0 Å². The van der Waals surface area contributed by atoms with Crippen LogP contribution in [0.15, 0.2) is 24.3 Å². The summed E-state index contributed by atoms with van der Waals surface area (Å²) in [6.07, 6.45) is 9.86. The molecular weight excluding hydrogens is 186 g/mol. The highest BCUT2D eigenvalue weighted by Crippen LogP contribution is 2.29. The molecule has 2 aliphatic rings. The second-order valence-electron chi connectivity index (χ2n) is 4.83. The van der Waals surface area contributed by atoms with Gasteiger partial charge in [0.2, 0.25) is 5.91 Å². The molecule has 82 valence electrons. The van der Waals surface area contributed by atoms with Crippen molar-refractivity contribution in [2.75, 3.05) is 13.1 Å². The average Bonchev–Trinajstić information content (AvgIpc) is 2.27. The van der Waals surface area contributed by atoms with Gasteiger partial charge in [-0.25, -0.2) is 0 Å². The van der Waals surface area contributed by atoms with Crippen LogP contribution in [0.25, 0.3) is 0 Å². The molecule has 0 N–H and O–H groups in total. The number of hydrogen-bond donors (Lipinski definition) is 0. The van der Waals surface area contributed by atoms with Crippen LogP contribution in [0, 0.1) is 17.8 Å². The van der Waals surface area contributed by atoms with Crippen molar-refractivity contribution in [3.63, 3.8) is 0 Å². The molecule has 0 radical (unpaired) electrons. The van der Waals surface area contributed by atoms with Crippen LogP contribution in [0.3, 0.4) is 0 Å². The summed E-state index contributed by atoms with van der Waals surface area (Å²) in [6.45, 7) is 5.79. The summed E-state index contributed by atoms with van der Waals surface area (Å²) in [5.41, 5.74) is 0. The molecule has 0 bridgehead atoms. The minimum Gasteiger partial charge on any atom is -0.342 e. The highest BCUT2D eigenvalue weighted by molar-refractivity contribution is 5.78. The molecule has 2 rings (SSSR count). The molecule has 0 spiro atoms. The second kappa shape index (κ2) is 4.21. The second-order valence-corrected chi connectivity index (χ2v) is 4.83. The number of allylic oxidation sites excluding steroid dienone is 3. The number of carbonyl (C=O) groups is 1. The minimum atomic E-state index is 0.129. The highest BCUT2D eigenvalue weighted by atomic mass is 16.2. The van der Waals surface area contributed by atoms with E-state index in [1.54, 1.807) is 0 Å². The largest absolute Gasteiger partial charge is 0.342 e. The topological polar surface area (TPSA) is 20.3 Å². The summed E-state index contributed by atoms with van der Waals surface area (Å²) in [5.74, 6) is 1.64. The predicted molar refractivity (Wildman–Crippen MR) is 61.3 cm³/mol. The lowest BCUT2D eigenvalue weighted by atomic mass is 9.82. The highest BCUT2D eigenvalue weighted by Gasteiger charge is 2.29. The van der Waals surface area contributed by atoms with Gasteiger partial charge in [-0.3, -0.25) is 4.79 Å².